The van der Waals surface area contributed by atoms with Gasteiger partial charge < -0.3 is 14.4 Å². The lowest BCUT2D eigenvalue weighted by Crippen LogP contribution is -2.44. The average molecular weight is 318 g/mol. The third kappa shape index (κ3) is 3.85. The molecule has 0 unspecified atom stereocenters. The van der Waals surface area contributed by atoms with Gasteiger partial charge in [0.1, 0.15) is 5.75 Å². The molecule has 2 aliphatic heterocycles. The second-order valence-electron chi connectivity index (χ2n) is 6.90. The smallest absolute Gasteiger partial charge is 0.254 e. The summed E-state index contributed by atoms with van der Waals surface area (Å²) >= 11 is 0. The van der Waals surface area contributed by atoms with Gasteiger partial charge in [0.15, 0.2) is 0 Å². The zero-order valence-electron chi connectivity index (χ0n) is 14.2. The first kappa shape index (κ1) is 16.3. The number of benzene rings is 1. The Kier molecular flexibility index (Phi) is 4.87. The van der Waals surface area contributed by atoms with Crippen molar-refractivity contribution in [2.45, 2.75) is 26.0 Å². The van der Waals surface area contributed by atoms with Crippen LogP contribution in [-0.2, 0) is 4.74 Å². The molecule has 2 heterocycles. The van der Waals surface area contributed by atoms with Crippen LogP contribution in [0.2, 0.25) is 0 Å². The summed E-state index contributed by atoms with van der Waals surface area (Å²) < 4.78 is 11.4. The van der Waals surface area contributed by atoms with Gasteiger partial charge in [-0.1, -0.05) is 6.07 Å². The van der Waals surface area contributed by atoms with E-state index in [0.29, 0.717) is 18.1 Å². The highest BCUT2D eigenvalue weighted by Gasteiger charge is 2.33. The van der Waals surface area contributed by atoms with Gasteiger partial charge in [0.2, 0.25) is 0 Å². The third-order valence-electron chi connectivity index (χ3n) is 4.48. The maximum atomic E-state index is 12.9. The van der Waals surface area contributed by atoms with Gasteiger partial charge in [-0.2, -0.15) is 0 Å². The first-order valence-corrected chi connectivity index (χ1v) is 8.37. The van der Waals surface area contributed by atoms with E-state index in [2.05, 4.69) is 11.9 Å². The molecule has 2 fully saturated rings. The Labute approximate surface area is 138 Å². The topological polar surface area (TPSA) is 42.0 Å². The summed E-state index contributed by atoms with van der Waals surface area (Å²) in [5.74, 6) is 1.22. The molecule has 0 N–H and O–H groups in total. The number of rotatable bonds is 3. The van der Waals surface area contributed by atoms with Crippen LogP contribution >= 0.6 is 0 Å². The Morgan fingerprint density at radius 3 is 2.87 bits per heavy atom. The van der Waals surface area contributed by atoms with Crippen molar-refractivity contribution in [2.75, 3.05) is 39.9 Å². The van der Waals surface area contributed by atoms with Crippen molar-refractivity contribution in [3.63, 3.8) is 0 Å². The van der Waals surface area contributed by atoms with Crippen molar-refractivity contribution in [2.24, 2.45) is 5.92 Å². The maximum absolute atomic E-state index is 12.9. The number of hydrogen-bond donors (Lipinski definition) is 0. The molecule has 2 atom stereocenters. The third-order valence-corrected chi connectivity index (χ3v) is 4.48. The lowest BCUT2D eigenvalue weighted by molar-refractivity contribution is 0.0433. The lowest BCUT2D eigenvalue weighted by Gasteiger charge is -2.30. The SMILES string of the molecule is CC(C)Oc1cccc(C(=O)N2C[C@@H]3COC[C@H](C2)N(C)C3)c1. The standard InChI is InChI=1S/C18H26N2O3/c1-13(2)23-17-6-4-5-15(7-17)18(21)20-9-14-8-19(3)16(10-20)12-22-11-14/h4-7,13-14,16H,8-12H2,1-3H3/t14-,16+/m1/s1. The van der Waals surface area contributed by atoms with Crippen LogP contribution in [0.3, 0.4) is 0 Å². The molecule has 1 amide bonds. The van der Waals surface area contributed by atoms with Crippen molar-refractivity contribution >= 4 is 5.91 Å². The number of nitrogens with zero attached hydrogens (tertiary/aromatic N) is 2. The molecule has 0 radical (unpaired) electrons. The molecule has 0 spiro atoms. The predicted octanol–water partition coefficient (Wildman–Crippen LogP) is 1.88. The Morgan fingerprint density at radius 1 is 1.26 bits per heavy atom. The Hall–Kier alpha value is -1.59. The highest BCUT2D eigenvalue weighted by molar-refractivity contribution is 5.94. The molecule has 5 nitrogen and oxygen atoms in total. The zero-order valence-corrected chi connectivity index (χ0v) is 14.2. The lowest BCUT2D eigenvalue weighted by atomic mass is 10.1. The van der Waals surface area contributed by atoms with Crippen molar-refractivity contribution in [3.05, 3.63) is 29.8 Å². The monoisotopic (exact) mass is 318 g/mol. The number of carbonyl (C=O) groups is 1. The Balaban J connectivity index is 1.77. The van der Waals surface area contributed by atoms with Crippen LogP contribution in [0.1, 0.15) is 24.2 Å². The summed E-state index contributed by atoms with van der Waals surface area (Å²) in [6.07, 6.45) is 0.101. The summed E-state index contributed by atoms with van der Waals surface area (Å²) in [6, 6.07) is 7.79. The van der Waals surface area contributed by atoms with E-state index < -0.39 is 0 Å². The van der Waals surface area contributed by atoms with Crippen molar-refractivity contribution < 1.29 is 14.3 Å². The van der Waals surface area contributed by atoms with Gasteiger partial charge in [0.05, 0.1) is 25.4 Å². The molecule has 2 bridgehead atoms. The normalized spacial score (nSPS) is 25.3. The van der Waals surface area contributed by atoms with Crippen LogP contribution in [0.5, 0.6) is 5.75 Å². The second kappa shape index (κ2) is 6.89. The van der Waals surface area contributed by atoms with E-state index in [-0.39, 0.29) is 18.1 Å². The van der Waals surface area contributed by atoms with Crippen molar-refractivity contribution in [1.82, 2.24) is 9.80 Å². The first-order valence-electron chi connectivity index (χ1n) is 8.37. The minimum Gasteiger partial charge on any atom is -0.491 e. The first-order chi connectivity index (χ1) is 11.0. The summed E-state index contributed by atoms with van der Waals surface area (Å²) in [6.45, 7) is 7.88. The fraction of sp³-hybridized carbons (Fsp3) is 0.611. The molecule has 5 heteroatoms. The van der Waals surface area contributed by atoms with E-state index in [9.17, 15) is 4.79 Å². The molecule has 126 valence electrons. The molecule has 0 aromatic heterocycles. The van der Waals surface area contributed by atoms with E-state index >= 15 is 0 Å². The number of amides is 1. The van der Waals surface area contributed by atoms with Gasteiger partial charge in [-0.3, -0.25) is 9.69 Å². The molecule has 0 saturated carbocycles. The minimum absolute atomic E-state index is 0.0893. The van der Waals surface area contributed by atoms with Crippen LogP contribution in [0.25, 0.3) is 0 Å². The molecule has 0 aliphatic carbocycles. The number of carbonyl (C=O) groups excluding carboxylic acids is 1. The molecule has 2 aliphatic rings. The van der Waals surface area contributed by atoms with Crippen molar-refractivity contribution in [1.29, 1.82) is 0 Å². The minimum atomic E-state index is 0.0893. The number of hydrogen-bond acceptors (Lipinski definition) is 4. The molecule has 23 heavy (non-hydrogen) atoms. The van der Waals surface area contributed by atoms with Crippen LogP contribution < -0.4 is 4.74 Å². The van der Waals surface area contributed by atoms with E-state index in [1.165, 1.54) is 0 Å². The fourth-order valence-electron chi connectivity index (χ4n) is 3.37. The molecular formula is C18H26N2O3. The second-order valence-corrected chi connectivity index (χ2v) is 6.90. The predicted molar refractivity (Wildman–Crippen MR) is 88.8 cm³/mol. The summed E-state index contributed by atoms with van der Waals surface area (Å²) in [5, 5.41) is 0. The van der Waals surface area contributed by atoms with Gasteiger partial charge in [-0.25, -0.2) is 0 Å². The highest BCUT2D eigenvalue weighted by Crippen LogP contribution is 2.22. The largest absolute Gasteiger partial charge is 0.491 e. The zero-order chi connectivity index (χ0) is 16.4. The fourth-order valence-corrected chi connectivity index (χ4v) is 3.37. The van der Waals surface area contributed by atoms with E-state index in [0.717, 1.165) is 32.0 Å². The van der Waals surface area contributed by atoms with E-state index in [4.69, 9.17) is 9.47 Å². The van der Waals surface area contributed by atoms with Gasteiger partial charge in [0.25, 0.3) is 5.91 Å². The number of ether oxygens (including phenoxy) is 2. The van der Waals surface area contributed by atoms with E-state index in [1.807, 2.05) is 43.0 Å². The van der Waals surface area contributed by atoms with Crippen LogP contribution in [0.4, 0.5) is 0 Å². The average Bonchev–Trinajstić information content (AvgIpc) is 2.74. The van der Waals surface area contributed by atoms with Crippen LogP contribution in [0.15, 0.2) is 24.3 Å². The van der Waals surface area contributed by atoms with Gasteiger partial charge in [-0.15, -0.1) is 0 Å². The summed E-state index contributed by atoms with van der Waals surface area (Å²) in [7, 11) is 2.12. The number of likely N-dealkylation sites (N-methyl/N-ethyl adjacent to an activating group) is 1. The van der Waals surface area contributed by atoms with Crippen LogP contribution in [0, 0.1) is 5.92 Å². The maximum Gasteiger partial charge on any atom is 0.254 e. The van der Waals surface area contributed by atoms with Gasteiger partial charge in [0, 0.05) is 31.1 Å². The number of fused-ring (bicyclic) bond motifs is 3. The summed E-state index contributed by atoms with van der Waals surface area (Å²) in [4.78, 5) is 17.2. The highest BCUT2D eigenvalue weighted by atomic mass is 16.5. The molecular weight excluding hydrogens is 292 g/mol. The van der Waals surface area contributed by atoms with Gasteiger partial charge in [-0.05, 0) is 39.1 Å². The summed E-state index contributed by atoms with van der Waals surface area (Å²) in [5.41, 5.74) is 0.701. The molecule has 3 rings (SSSR count). The van der Waals surface area contributed by atoms with E-state index in [1.54, 1.807) is 0 Å². The van der Waals surface area contributed by atoms with Crippen molar-refractivity contribution in [3.8, 4) is 5.75 Å². The quantitative estimate of drug-likeness (QED) is 0.853. The molecule has 2 saturated heterocycles. The van der Waals surface area contributed by atoms with Crippen LogP contribution in [-0.4, -0.2) is 67.7 Å². The molecule has 1 aromatic rings. The Morgan fingerprint density at radius 2 is 2.09 bits per heavy atom. The van der Waals surface area contributed by atoms with Gasteiger partial charge >= 0.3 is 0 Å². The molecule has 1 aromatic carbocycles. The Bertz CT molecular complexity index is 561.